The van der Waals surface area contributed by atoms with Crippen molar-refractivity contribution in [3.05, 3.63) is 45.8 Å². The van der Waals surface area contributed by atoms with Gasteiger partial charge in [0, 0.05) is 17.0 Å². The van der Waals surface area contributed by atoms with Crippen LogP contribution in [0.4, 0.5) is 5.69 Å². The molecular weight excluding hydrogens is 405 g/mol. The number of hydrogen-bond donors (Lipinski definition) is 3. The van der Waals surface area contributed by atoms with E-state index in [1.54, 1.807) is 17.6 Å². The summed E-state index contributed by atoms with van der Waals surface area (Å²) in [7, 11) is 0. The molecule has 3 aromatic rings. The number of aliphatic hydroxyl groups excluding tert-OH is 1. The number of furan rings is 1. The Kier molecular flexibility index (Phi) is 8.47. The van der Waals surface area contributed by atoms with Gasteiger partial charge in [-0.1, -0.05) is 11.6 Å². The summed E-state index contributed by atoms with van der Waals surface area (Å²) < 4.78 is 6.38. The molecular formula is C16H20Cl3N3O2S. The van der Waals surface area contributed by atoms with Crippen molar-refractivity contribution < 1.29 is 9.52 Å². The molecule has 1 atom stereocenters. The fraction of sp³-hybridized carbons (Fsp3) is 0.312. The Labute approximate surface area is 167 Å². The highest BCUT2D eigenvalue weighted by Crippen LogP contribution is 2.37. The van der Waals surface area contributed by atoms with E-state index < -0.39 is 0 Å². The van der Waals surface area contributed by atoms with Crippen LogP contribution in [0, 0.1) is 6.92 Å². The fourth-order valence-corrected chi connectivity index (χ4v) is 3.94. The number of halogens is 3. The van der Waals surface area contributed by atoms with Crippen molar-refractivity contribution >= 4 is 63.7 Å². The first kappa shape index (κ1) is 22.0. The number of nitrogens with zero attached hydrogens (tertiary/aromatic N) is 1. The second-order valence-corrected chi connectivity index (χ2v) is 6.89. The predicted molar refractivity (Wildman–Crippen MR) is 109 cm³/mol. The number of thiophene rings is 1. The maximum Gasteiger partial charge on any atom is 0.131 e. The van der Waals surface area contributed by atoms with Crippen molar-refractivity contribution in [1.29, 1.82) is 0 Å². The molecule has 0 bridgehead atoms. The van der Waals surface area contributed by atoms with Crippen LogP contribution < -0.4 is 11.1 Å². The minimum Gasteiger partial charge on any atom is -0.467 e. The summed E-state index contributed by atoms with van der Waals surface area (Å²) >= 11 is 7.80. The first-order valence-electron chi connectivity index (χ1n) is 7.29. The van der Waals surface area contributed by atoms with Crippen LogP contribution in [-0.4, -0.2) is 22.7 Å². The molecule has 9 heteroatoms. The van der Waals surface area contributed by atoms with E-state index in [0.717, 1.165) is 32.1 Å². The van der Waals surface area contributed by atoms with Crippen LogP contribution in [0.25, 0.3) is 10.2 Å². The molecule has 0 amide bonds. The molecule has 0 aliphatic heterocycles. The lowest BCUT2D eigenvalue weighted by atomic mass is 10.1. The van der Waals surface area contributed by atoms with E-state index in [1.165, 1.54) is 0 Å². The number of anilines is 1. The number of rotatable bonds is 6. The molecule has 0 saturated carbocycles. The second-order valence-electron chi connectivity index (χ2n) is 5.40. The summed E-state index contributed by atoms with van der Waals surface area (Å²) in [6.45, 7) is 2.55. The molecule has 0 aromatic carbocycles. The average Bonchev–Trinajstić information content (AvgIpc) is 3.15. The van der Waals surface area contributed by atoms with Gasteiger partial charge in [0.2, 0.25) is 0 Å². The predicted octanol–water partition coefficient (Wildman–Crippen LogP) is 4.17. The Morgan fingerprint density at radius 3 is 2.84 bits per heavy atom. The number of nitrogens with one attached hydrogen (secondary N) is 1. The van der Waals surface area contributed by atoms with Gasteiger partial charge in [-0.2, -0.15) is 0 Å². The number of aryl methyl sites for hydroxylation is 1. The van der Waals surface area contributed by atoms with Crippen LogP contribution in [0.5, 0.6) is 0 Å². The van der Waals surface area contributed by atoms with Crippen molar-refractivity contribution in [3.63, 3.8) is 0 Å². The van der Waals surface area contributed by atoms with Gasteiger partial charge in [-0.25, -0.2) is 4.98 Å². The molecule has 0 unspecified atom stereocenters. The molecule has 4 N–H and O–H groups in total. The van der Waals surface area contributed by atoms with Gasteiger partial charge in [-0.3, -0.25) is 0 Å². The Morgan fingerprint density at radius 2 is 2.20 bits per heavy atom. The van der Waals surface area contributed by atoms with Gasteiger partial charge in [0.25, 0.3) is 0 Å². The third kappa shape index (κ3) is 5.00. The summed E-state index contributed by atoms with van der Waals surface area (Å²) in [6, 6.07) is 5.32. The third-order valence-corrected chi connectivity index (χ3v) is 5.19. The summed E-state index contributed by atoms with van der Waals surface area (Å²) in [5, 5.41) is 13.0. The van der Waals surface area contributed by atoms with Crippen molar-refractivity contribution in [1.82, 2.24) is 4.98 Å². The number of fused-ring (bicyclic) bond motifs is 1. The zero-order chi connectivity index (χ0) is 16.4. The average molecular weight is 425 g/mol. The lowest BCUT2D eigenvalue weighted by Crippen LogP contribution is -2.26. The molecule has 0 radical (unpaired) electrons. The summed E-state index contributed by atoms with van der Waals surface area (Å²) in [5.74, 6) is 0.849. The van der Waals surface area contributed by atoms with E-state index in [-0.39, 0.29) is 37.5 Å². The maximum absolute atomic E-state index is 9.17. The summed E-state index contributed by atoms with van der Waals surface area (Å²) in [5.41, 5.74) is 8.74. The Bertz CT molecular complexity index is 809. The van der Waals surface area contributed by atoms with E-state index in [2.05, 4.69) is 10.3 Å². The van der Waals surface area contributed by atoms with Gasteiger partial charge in [-0.15, -0.1) is 36.2 Å². The van der Waals surface area contributed by atoms with Crippen molar-refractivity contribution in [2.75, 3.05) is 11.9 Å². The van der Waals surface area contributed by atoms with E-state index >= 15 is 0 Å². The number of pyridine rings is 1. The van der Waals surface area contributed by atoms with Gasteiger partial charge in [-0.05, 0) is 31.0 Å². The Balaban J connectivity index is 0.00000156. The molecule has 0 fully saturated rings. The number of hydrogen-bond acceptors (Lipinski definition) is 6. The molecule has 0 aliphatic carbocycles. The first-order valence-corrected chi connectivity index (χ1v) is 8.49. The van der Waals surface area contributed by atoms with Crippen LogP contribution in [0.3, 0.4) is 0 Å². The van der Waals surface area contributed by atoms with Crippen molar-refractivity contribution in [2.45, 2.75) is 25.9 Å². The molecule has 0 spiro atoms. The first-order chi connectivity index (χ1) is 11.1. The molecule has 0 saturated heterocycles. The number of aromatic nitrogens is 1. The van der Waals surface area contributed by atoms with E-state index in [4.69, 9.17) is 21.8 Å². The second kappa shape index (κ2) is 9.62. The minimum atomic E-state index is -0.267. The largest absolute Gasteiger partial charge is 0.467 e. The zero-order valence-electron chi connectivity index (χ0n) is 13.5. The quantitative estimate of drug-likeness (QED) is 0.517. The highest BCUT2D eigenvalue weighted by atomic mass is 35.5. The highest BCUT2D eigenvalue weighted by molar-refractivity contribution is 7.19. The highest BCUT2D eigenvalue weighted by Gasteiger charge is 2.16. The van der Waals surface area contributed by atoms with Crippen molar-refractivity contribution in [3.8, 4) is 0 Å². The maximum atomic E-state index is 9.17. The standard InChI is InChI=1S/C16H18ClN3O2S.2ClH/c1-9-13(5-10(18)8-21)23-16-12(6-14(17)20-15(9)16)19-7-11-3-2-4-22-11;;/h2-4,6,10,21H,5,7-8,18H2,1H3,(H,19,20);2*1H/t10-;;/m1../s1. The van der Waals surface area contributed by atoms with Gasteiger partial charge in [0.15, 0.2) is 0 Å². The smallest absolute Gasteiger partial charge is 0.131 e. The van der Waals surface area contributed by atoms with E-state index in [0.29, 0.717) is 18.1 Å². The van der Waals surface area contributed by atoms with E-state index in [1.807, 2.05) is 25.1 Å². The lowest BCUT2D eigenvalue weighted by Gasteiger charge is -2.06. The van der Waals surface area contributed by atoms with Gasteiger partial charge >= 0.3 is 0 Å². The Morgan fingerprint density at radius 1 is 1.44 bits per heavy atom. The Hall–Kier alpha value is -1.02. The molecule has 5 nitrogen and oxygen atoms in total. The van der Waals surface area contributed by atoms with Crippen LogP contribution in [0.15, 0.2) is 28.9 Å². The van der Waals surface area contributed by atoms with Gasteiger partial charge < -0.3 is 20.6 Å². The number of nitrogens with two attached hydrogens (primary N) is 1. The fourth-order valence-electron chi connectivity index (χ4n) is 2.42. The monoisotopic (exact) mass is 423 g/mol. The van der Waals surface area contributed by atoms with Crippen LogP contribution >= 0.6 is 47.8 Å². The van der Waals surface area contributed by atoms with Gasteiger partial charge in [0.1, 0.15) is 10.9 Å². The minimum absolute atomic E-state index is 0. The van der Waals surface area contributed by atoms with Crippen LogP contribution in [0.2, 0.25) is 5.15 Å². The summed E-state index contributed by atoms with van der Waals surface area (Å²) in [4.78, 5) is 5.57. The molecule has 3 heterocycles. The SMILES string of the molecule is Cc1c(C[C@@H](N)CO)sc2c(NCc3ccco3)cc(Cl)nc12.Cl.Cl. The van der Waals surface area contributed by atoms with Crippen LogP contribution in [0.1, 0.15) is 16.2 Å². The summed E-state index contributed by atoms with van der Waals surface area (Å²) in [6.07, 6.45) is 2.27. The van der Waals surface area contributed by atoms with Crippen molar-refractivity contribution in [2.24, 2.45) is 5.73 Å². The molecule has 3 aromatic heterocycles. The molecule has 0 aliphatic rings. The van der Waals surface area contributed by atoms with Crippen LogP contribution in [-0.2, 0) is 13.0 Å². The molecule has 3 rings (SSSR count). The molecule has 25 heavy (non-hydrogen) atoms. The normalized spacial score (nSPS) is 11.7. The number of aliphatic hydroxyl groups is 1. The zero-order valence-corrected chi connectivity index (χ0v) is 16.7. The molecule has 138 valence electrons. The topological polar surface area (TPSA) is 84.3 Å². The lowest BCUT2D eigenvalue weighted by molar-refractivity contribution is 0.265. The third-order valence-electron chi connectivity index (χ3n) is 3.66. The van der Waals surface area contributed by atoms with E-state index in [9.17, 15) is 5.11 Å². The van der Waals surface area contributed by atoms with Gasteiger partial charge in [0.05, 0.1) is 35.3 Å².